The summed E-state index contributed by atoms with van der Waals surface area (Å²) in [4.78, 5) is 24.1. The summed E-state index contributed by atoms with van der Waals surface area (Å²) in [5.74, 6) is -1.74. The van der Waals surface area contributed by atoms with Gasteiger partial charge in [0.2, 0.25) is 5.91 Å². The Hall–Kier alpha value is -1.66. The summed E-state index contributed by atoms with van der Waals surface area (Å²) in [6.45, 7) is 2.79. The Morgan fingerprint density at radius 3 is 2.52 bits per heavy atom. The van der Waals surface area contributed by atoms with Crippen molar-refractivity contribution in [3.63, 3.8) is 0 Å². The minimum atomic E-state index is -0.923. The number of anilines is 1. The van der Waals surface area contributed by atoms with E-state index in [1.807, 2.05) is 6.92 Å². The molecule has 0 aliphatic heterocycles. The molecule has 0 aliphatic carbocycles. The van der Waals surface area contributed by atoms with E-state index in [4.69, 9.17) is 5.11 Å². The molecule has 2 N–H and O–H groups in total. The first-order valence-electron chi connectivity index (χ1n) is 6.51. The maximum Gasteiger partial charge on any atom is 0.317 e. The number of carboxylic acids is 1. The Kier molecular flexibility index (Phi) is 9.32. The molecule has 1 aromatic rings. The van der Waals surface area contributed by atoms with Crippen LogP contribution in [0.15, 0.2) is 24.3 Å². The van der Waals surface area contributed by atoms with Crippen LogP contribution in [0.2, 0.25) is 0 Å². The van der Waals surface area contributed by atoms with Crippen LogP contribution in [-0.2, 0) is 9.59 Å². The highest BCUT2D eigenvalue weighted by Gasteiger charge is 2.12. The van der Waals surface area contributed by atoms with Crippen molar-refractivity contribution in [2.45, 2.75) is 19.8 Å². The van der Waals surface area contributed by atoms with Gasteiger partial charge in [0.15, 0.2) is 0 Å². The van der Waals surface area contributed by atoms with Crippen LogP contribution in [0, 0.1) is 5.82 Å². The Labute approximate surface area is 129 Å². The number of benzene rings is 1. The van der Waals surface area contributed by atoms with Crippen molar-refractivity contribution in [2.24, 2.45) is 0 Å². The molecule has 1 amide bonds. The summed E-state index contributed by atoms with van der Waals surface area (Å²) in [5, 5.41) is 11.2. The van der Waals surface area contributed by atoms with Crippen molar-refractivity contribution >= 4 is 30.0 Å². The molecular formula is C14H20ClFN2O3. The molecule has 0 unspecified atom stereocenters. The van der Waals surface area contributed by atoms with Crippen LogP contribution in [0.5, 0.6) is 0 Å². The van der Waals surface area contributed by atoms with E-state index in [0.717, 1.165) is 6.42 Å². The first-order chi connectivity index (χ1) is 9.52. The number of carboxylic acid groups (broad SMARTS) is 1. The number of rotatable bonds is 8. The van der Waals surface area contributed by atoms with E-state index in [1.165, 1.54) is 12.1 Å². The van der Waals surface area contributed by atoms with Crippen LogP contribution in [0.1, 0.15) is 19.8 Å². The van der Waals surface area contributed by atoms with Gasteiger partial charge in [0.1, 0.15) is 5.82 Å². The predicted octanol–water partition coefficient (Wildman–Crippen LogP) is 2.37. The zero-order chi connectivity index (χ0) is 15.0. The first-order valence-corrected chi connectivity index (χ1v) is 6.51. The molecule has 1 rings (SSSR count). The smallest absolute Gasteiger partial charge is 0.317 e. The number of aliphatic carboxylic acids is 1. The molecule has 1 aromatic carbocycles. The number of carbonyl (C=O) groups is 2. The van der Waals surface area contributed by atoms with Crippen molar-refractivity contribution in [1.29, 1.82) is 0 Å². The molecule has 0 radical (unpaired) electrons. The number of nitrogens with zero attached hydrogens (tertiary/aromatic N) is 1. The summed E-state index contributed by atoms with van der Waals surface area (Å²) in [5.41, 5.74) is 0.137. The molecular weight excluding hydrogens is 299 g/mol. The van der Waals surface area contributed by atoms with Crippen molar-refractivity contribution in [1.82, 2.24) is 4.90 Å². The molecule has 118 valence electrons. The fourth-order valence-electron chi connectivity index (χ4n) is 1.81. The Bertz CT molecular complexity index is 471. The number of para-hydroxylation sites is 1. The highest BCUT2D eigenvalue weighted by atomic mass is 35.5. The van der Waals surface area contributed by atoms with Crippen LogP contribution in [0.25, 0.3) is 0 Å². The van der Waals surface area contributed by atoms with Crippen LogP contribution in [0.3, 0.4) is 0 Å². The third-order valence-corrected chi connectivity index (χ3v) is 2.70. The third kappa shape index (κ3) is 7.63. The van der Waals surface area contributed by atoms with E-state index < -0.39 is 11.8 Å². The lowest BCUT2D eigenvalue weighted by molar-refractivity contribution is -0.138. The molecule has 0 heterocycles. The summed E-state index contributed by atoms with van der Waals surface area (Å²) >= 11 is 0. The molecule has 0 aromatic heterocycles. The number of halogens is 2. The fourth-order valence-corrected chi connectivity index (χ4v) is 1.81. The molecule has 21 heavy (non-hydrogen) atoms. The molecule has 0 saturated carbocycles. The summed E-state index contributed by atoms with van der Waals surface area (Å²) in [7, 11) is 0. The number of amides is 1. The molecule has 0 bridgehead atoms. The minimum absolute atomic E-state index is 0. The Morgan fingerprint density at radius 2 is 1.95 bits per heavy atom. The molecule has 0 atom stereocenters. The number of hydrogen-bond acceptors (Lipinski definition) is 3. The SMILES string of the molecule is CCCN(CCC(=O)Nc1ccccc1F)CC(=O)O.Cl. The molecule has 0 spiro atoms. The third-order valence-electron chi connectivity index (χ3n) is 2.70. The van der Waals surface area contributed by atoms with E-state index in [1.54, 1.807) is 17.0 Å². The second-order valence-corrected chi connectivity index (χ2v) is 4.45. The summed E-state index contributed by atoms with van der Waals surface area (Å²) < 4.78 is 13.3. The van der Waals surface area contributed by atoms with Crippen molar-refractivity contribution in [3.8, 4) is 0 Å². The zero-order valence-electron chi connectivity index (χ0n) is 11.8. The van der Waals surface area contributed by atoms with Crippen LogP contribution in [-0.4, -0.2) is 41.5 Å². The summed E-state index contributed by atoms with van der Waals surface area (Å²) in [6.07, 6.45) is 0.934. The lowest BCUT2D eigenvalue weighted by Gasteiger charge is -2.18. The van der Waals surface area contributed by atoms with Gasteiger partial charge >= 0.3 is 5.97 Å². The second kappa shape index (κ2) is 10.1. The highest BCUT2D eigenvalue weighted by Crippen LogP contribution is 2.12. The highest BCUT2D eigenvalue weighted by molar-refractivity contribution is 5.90. The van der Waals surface area contributed by atoms with Crippen LogP contribution >= 0.6 is 12.4 Å². The van der Waals surface area contributed by atoms with Gasteiger partial charge in [0.05, 0.1) is 12.2 Å². The van der Waals surface area contributed by atoms with Gasteiger partial charge < -0.3 is 10.4 Å². The first kappa shape index (κ1) is 19.3. The lowest BCUT2D eigenvalue weighted by atomic mass is 10.2. The number of hydrogen-bond donors (Lipinski definition) is 2. The topological polar surface area (TPSA) is 69.6 Å². The van der Waals surface area contributed by atoms with E-state index in [0.29, 0.717) is 13.1 Å². The van der Waals surface area contributed by atoms with Crippen LogP contribution in [0.4, 0.5) is 10.1 Å². The molecule has 7 heteroatoms. The van der Waals surface area contributed by atoms with Crippen molar-refractivity contribution in [2.75, 3.05) is 25.0 Å². The van der Waals surface area contributed by atoms with E-state index in [9.17, 15) is 14.0 Å². The van der Waals surface area contributed by atoms with Gasteiger partial charge in [0, 0.05) is 13.0 Å². The fraction of sp³-hybridized carbons (Fsp3) is 0.429. The van der Waals surface area contributed by atoms with Gasteiger partial charge in [-0.05, 0) is 25.1 Å². The predicted molar refractivity (Wildman–Crippen MR) is 81.3 cm³/mol. The average molecular weight is 319 g/mol. The maximum atomic E-state index is 13.3. The van der Waals surface area contributed by atoms with Gasteiger partial charge in [-0.15, -0.1) is 12.4 Å². The normalized spacial score (nSPS) is 10.0. The van der Waals surface area contributed by atoms with E-state index in [-0.39, 0.29) is 37.0 Å². The zero-order valence-corrected chi connectivity index (χ0v) is 12.7. The quantitative estimate of drug-likeness (QED) is 0.772. The van der Waals surface area contributed by atoms with E-state index in [2.05, 4.69) is 5.32 Å². The molecule has 0 saturated heterocycles. The number of carbonyl (C=O) groups excluding carboxylic acids is 1. The molecule has 0 fully saturated rings. The minimum Gasteiger partial charge on any atom is -0.480 e. The Balaban J connectivity index is 0.00000400. The standard InChI is InChI=1S/C14H19FN2O3.ClH/c1-2-8-17(10-14(19)20)9-7-13(18)16-12-6-4-3-5-11(12)15;/h3-6H,2,7-10H2,1H3,(H,16,18)(H,19,20);1H. The van der Waals surface area contributed by atoms with Gasteiger partial charge in [-0.3, -0.25) is 14.5 Å². The van der Waals surface area contributed by atoms with E-state index >= 15 is 0 Å². The monoisotopic (exact) mass is 318 g/mol. The van der Waals surface area contributed by atoms with Crippen molar-refractivity contribution < 1.29 is 19.1 Å². The number of nitrogens with one attached hydrogen (secondary N) is 1. The molecule has 0 aliphatic rings. The largest absolute Gasteiger partial charge is 0.480 e. The van der Waals surface area contributed by atoms with Gasteiger partial charge in [0.25, 0.3) is 0 Å². The van der Waals surface area contributed by atoms with Crippen LogP contribution < -0.4 is 5.32 Å². The van der Waals surface area contributed by atoms with Gasteiger partial charge in [-0.1, -0.05) is 19.1 Å². The molecule has 5 nitrogen and oxygen atoms in total. The summed E-state index contributed by atoms with van der Waals surface area (Å²) in [6, 6.07) is 5.92. The van der Waals surface area contributed by atoms with Gasteiger partial charge in [-0.25, -0.2) is 4.39 Å². The Morgan fingerprint density at radius 1 is 1.29 bits per heavy atom. The maximum absolute atomic E-state index is 13.3. The van der Waals surface area contributed by atoms with Crippen molar-refractivity contribution in [3.05, 3.63) is 30.1 Å². The van der Waals surface area contributed by atoms with Gasteiger partial charge in [-0.2, -0.15) is 0 Å². The average Bonchev–Trinajstić information content (AvgIpc) is 2.38. The second-order valence-electron chi connectivity index (χ2n) is 4.45. The lowest BCUT2D eigenvalue weighted by Crippen LogP contribution is -2.33.